The van der Waals surface area contributed by atoms with Gasteiger partial charge in [0.25, 0.3) is 5.91 Å². The number of amides is 1. The first-order chi connectivity index (χ1) is 11.6. The van der Waals surface area contributed by atoms with E-state index in [0.717, 1.165) is 11.3 Å². The van der Waals surface area contributed by atoms with Crippen LogP contribution in [0.5, 0.6) is 0 Å². The number of nitrogens with zero attached hydrogens (tertiary/aromatic N) is 3. The summed E-state index contributed by atoms with van der Waals surface area (Å²) in [6, 6.07) is 20.9. The Morgan fingerprint density at radius 1 is 0.917 bits per heavy atom. The molecule has 3 rings (SSSR count). The number of hydrogen-bond donors (Lipinski definition) is 1. The minimum atomic E-state index is -0.188. The summed E-state index contributed by atoms with van der Waals surface area (Å²) in [5.41, 5.74) is 2.57. The fourth-order valence-corrected chi connectivity index (χ4v) is 2.37. The Morgan fingerprint density at radius 3 is 2.29 bits per heavy atom. The van der Waals surface area contributed by atoms with Crippen molar-refractivity contribution in [3.8, 4) is 0 Å². The van der Waals surface area contributed by atoms with Gasteiger partial charge in [-0.3, -0.25) is 4.79 Å². The fourth-order valence-electron chi connectivity index (χ4n) is 2.37. The van der Waals surface area contributed by atoms with E-state index < -0.39 is 0 Å². The topological polar surface area (TPSA) is 58.1 Å². The molecule has 0 saturated carbocycles. The number of anilines is 3. The summed E-state index contributed by atoms with van der Waals surface area (Å²) in [4.78, 5) is 14.2. The molecule has 5 nitrogen and oxygen atoms in total. The molecule has 0 aliphatic carbocycles. The van der Waals surface area contributed by atoms with E-state index >= 15 is 0 Å². The van der Waals surface area contributed by atoms with E-state index in [9.17, 15) is 4.79 Å². The first-order valence-electron chi connectivity index (χ1n) is 7.64. The van der Waals surface area contributed by atoms with Gasteiger partial charge in [0.05, 0.1) is 0 Å². The van der Waals surface area contributed by atoms with Crippen LogP contribution in [0.25, 0.3) is 0 Å². The van der Waals surface area contributed by atoms with Crippen LogP contribution in [0.3, 0.4) is 0 Å². The van der Waals surface area contributed by atoms with Gasteiger partial charge in [0, 0.05) is 18.3 Å². The Kier molecular flexibility index (Phi) is 4.52. The molecular weight excluding hydrogens is 300 g/mol. The molecule has 3 aromatic rings. The van der Waals surface area contributed by atoms with Crippen LogP contribution in [-0.2, 0) is 0 Å². The number of aromatic nitrogens is 2. The van der Waals surface area contributed by atoms with Crippen LogP contribution in [0.2, 0.25) is 0 Å². The maximum Gasteiger partial charge on any atom is 0.257 e. The lowest BCUT2D eigenvalue weighted by Crippen LogP contribution is -2.16. The number of carbonyl (C=O) groups is 1. The minimum absolute atomic E-state index is 0.188. The van der Waals surface area contributed by atoms with Crippen molar-refractivity contribution in [2.24, 2.45) is 0 Å². The van der Waals surface area contributed by atoms with Gasteiger partial charge >= 0.3 is 0 Å². The summed E-state index contributed by atoms with van der Waals surface area (Å²) in [5.74, 6) is 0.940. The summed E-state index contributed by atoms with van der Waals surface area (Å²) in [5, 5.41) is 11.1. The molecule has 0 aliphatic rings. The van der Waals surface area contributed by atoms with Crippen LogP contribution in [0, 0.1) is 6.92 Å². The van der Waals surface area contributed by atoms with E-state index in [2.05, 4.69) is 15.5 Å². The maximum atomic E-state index is 12.3. The third-order valence-corrected chi connectivity index (χ3v) is 3.77. The van der Waals surface area contributed by atoms with Gasteiger partial charge in [-0.25, -0.2) is 0 Å². The molecule has 2 aromatic carbocycles. The fraction of sp³-hybridized carbons (Fsp3) is 0.105. The Bertz CT molecular complexity index is 832. The van der Waals surface area contributed by atoms with Gasteiger partial charge in [-0.05, 0) is 42.8 Å². The number of nitrogens with one attached hydrogen (secondary N) is 1. The van der Waals surface area contributed by atoms with Crippen LogP contribution < -0.4 is 10.2 Å². The average Bonchev–Trinajstić information content (AvgIpc) is 2.63. The van der Waals surface area contributed by atoms with E-state index in [0.29, 0.717) is 17.2 Å². The van der Waals surface area contributed by atoms with Gasteiger partial charge in [0.2, 0.25) is 0 Å². The van der Waals surface area contributed by atoms with Crippen molar-refractivity contribution in [1.82, 2.24) is 10.2 Å². The molecule has 0 radical (unpaired) electrons. The van der Waals surface area contributed by atoms with Crippen molar-refractivity contribution in [1.29, 1.82) is 0 Å². The van der Waals surface area contributed by atoms with Crippen molar-refractivity contribution in [2.45, 2.75) is 6.92 Å². The molecule has 0 bridgehead atoms. The monoisotopic (exact) mass is 318 g/mol. The summed E-state index contributed by atoms with van der Waals surface area (Å²) in [7, 11) is 1.92. The molecule has 5 heteroatoms. The lowest BCUT2D eigenvalue weighted by Gasteiger charge is -2.17. The Morgan fingerprint density at radius 2 is 1.62 bits per heavy atom. The summed E-state index contributed by atoms with van der Waals surface area (Å²) >= 11 is 0. The molecule has 1 heterocycles. The predicted octanol–water partition coefficient (Wildman–Crippen LogP) is 3.81. The predicted molar refractivity (Wildman–Crippen MR) is 95.7 cm³/mol. The quantitative estimate of drug-likeness (QED) is 0.795. The van der Waals surface area contributed by atoms with Crippen LogP contribution in [0.4, 0.5) is 17.3 Å². The Hall–Kier alpha value is -3.21. The molecule has 1 aromatic heterocycles. The molecule has 0 atom stereocenters. The van der Waals surface area contributed by atoms with E-state index in [-0.39, 0.29) is 5.91 Å². The molecule has 24 heavy (non-hydrogen) atoms. The molecule has 0 aliphatic heterocycles. The van der Waals surface area contributed by atoms with Crippen LogP contribution in [-0.4, -0.2) is 23.2 Å². The molecule has 0 fully saturated rings. The van der Waals surface area contributed by atoms with Gasteiger partial charge in [-0.1, -0.05) is 36.4 Å². The zero-order chi connectivity index (χ0) is 16.9. The van der Waals surface area contributed by atoms with Gasteiger partial charge in [0.15, 0.2) is 11.6 Å². The van der Waals surface area contributed by atoms with Crippen molar-refractivity contribution in [2.75, 3.05) is 17.3 Å². The van der Waals surface area contributed by atoms with Gasteiger partial charge in [0.1, 0.15) is 0 Å². The van der Waals surface area contributed by atoms with Gasteiger partial charge < -0.3 is 10.2 Å². The molecule has 120 valence electrons. The lowest BCUT2D eigenvalue weighted by molar-refractivity contribution is 0.102. The zero-order valence-electron chi connectivity index (χ0n) is 13.6. The number of carbonyl (C=O) groups excluding carboxylic acids is 1. The van der Waals surface area contributed by atoms with E-state index in [1.807, 2.05) is 73.5 Å². The first-order valence-corrected chi connectivity index (χ1v) is 7.64. The summed E-state index contributed by atoms with van der Waals surface area (Å²) < 4.78 is 0. The highest BCUT2D eigenvalue weighted by Crippen LogP contribution is 2.21. The second-order valence-corrected chi connectivity index (χ2v) is 5.44. The second-order valence-electron chi connectivity index (χ2n) is 5.44. The smallest absolute Gasteiger partial charge is 0.257 e. The minimum Gasteiger partial charge on any atom is -0.328 e. The third kappa shape index (κ3) is 3.41. The van der Waals surface area contributed by atoms with Crippen LogP contribution in [0.1, 0.15) is 15.9 Å². The molecule has 1 amide bonds. The van der Waals surface area contributed by atoms with Crippen LogP contribution >= 0.6 is 0 Å². The third-order valence-electron chi connectivity index (χ3n) is 3.77. The first kappa shape index (κ1) is 15.7. The van der Waals surface area contributed by atoms with Gasteiger partial charge in [-0.15, -0.1) is 10.2 Å². The SMILES string of the molecule is Cc1ccccc1C(=O)Nc1ccc(N(C)c2ccccc2)nn1. The molecule has 0 spiro atoms. The van der Waals surface area contributed by atoms with Crippen molar-refractivity contribution in [3.05, 3.63) is 77.9 Å². The van der Waals surface area contributed by atoms with Crippen LogP contribution in [0.15, 0.2) is 66.7 Å². The maximum absolute atomic E-state index is 12.3. The average molecular weight is 318 g/mol. The lowest BCUT2D eigenvalue weighted by atomic mass is 10.1. The number of hydrogen-bond acceptors (Lipinski definition) is 4. The second kappa shape index (κ2) is 6.91. The molecular formula is C19H18N4O. The number of rotatable bonds is 4. The number of para-hydroxylation sites is 1. The van der Waals surface area contributed by atoms with E-state index in [1.54, 1.807) is 12.1 Å². The molecule has 0 unspecified atom stereocenters. The Balaban J connectivity index is 1.73. The number of aryl methyl sites for hydroxylation is 1. The highest BCUT2D eigenvalue weighted by Gasteiger charge is 2.10. The zero-order valence-corrected chi connectivity index (χ0v) is 13.6. The standard InChI is InChI=1S/C19H18N4O/c1-14-8-6-7-11-16(14)19(24)20-17-12-13-18(22-21-17)23(2)15-9-4-3-5-10-15/h3-13H,1-2H3,(H,20,21,24). The number of benzene rings is 2. The van der Waals surface area contributed by atoms with Crippen molar-refractivity contribution < 1.29 is 4.79 Å². The summed E-state index contributed by atoms with van der Waals surface area (Å²) in [6.07, 6.45) is 0. The highest BCUT2D eigenvalue weighted by molar-refractivity contribution is 6.04. The highest BCUT2D eigenvalue weighted by atomic mass is 16.1. The van der Waals surface area contributed by atoms with Crippen molar-refractivity contribution in [3.63, 3.8) is 0 Å². The van der Waals surface area contributed by atoms with Crippen molar-refractivity contribution >= 4 is 23.2 Å². The molecule has 0 saturated heterocycles. The normalized spacial score (nSPS) is 10.2. The largest absolute Gasteiger partial charge is 0.328 e. The summed E-state index contributed by atoms with van der Waals surface area (Å²) in [6.45, 7) is 1.90. The van der Waals surface area contributed by atoms with E-state index in [4.69, 9.17) is 0 Å². The molecule has 1 N–H and O–H groups in total. The van der Waals surface area contributed by atoms with Gasteiger partial charge in [-0.2, -0.15) is 0 Å². The van der Waals surface area contributed by atoms with E-state index in [1.165, 1.54) is 0 Å². The Labute approximate surface area is 141 Å².